The van der Waals surface area contributed by atoms with E-state index in [1.54, 1.807) is 10.7 Å². The summed E-state index contributed by atoms with van der Waals surface area (Å²) in [5.74, 6) is 0. The van der Waals surface area contributed by atoms with Gasteiger partial charge in [-0.05, 0) is 29.3 Å². The maximum atomic E-state index is 10.0. The number of hydrogen-bond acceptors (Lipinski definition) is 5. The van der Waals surface area contributed by atoms with Gasteiger partial charge in [0.1, 0.15) is 0 Å². The van der Waals surface area contributed by atoms with Crippen molar-refractivity contribution in [3.8, 4) is 0 Å². The van der Waals surface area contributed by atoms with Crippen molar-refractivity contribution in [1.29, 1.82) is 0 Å². The Kier molecular flexibility index (Phi) is 2.74. The molecule has 1 aliphatic carbocycles. The van der Waals surface area contributed by atoms with Gasteiger partial charge in [0.15, 0.2) is 5.65 Å². The number of aliphatic hydroxyl groups excluding tert-OH is 1. The van der Waals surface area contributed by atoms with Crippen molar-refractivity contribution in [3.05, 3.63) is 23.9 Å². The first-order valence-electron chi connectivity index (χ1n) is 5.92. The van der Waals surface area contributed by atoms with Crippen LogP contribution in [0, 0.1) is 0 Å². The van der Waals surface area contributed by atoms with Crippen LogP contribution in [0.1, 0.15) is 30.9 Å². The van der Waals surface area contributed by atoms with E-state index < -0.39 is 6.10 Å². The number of rotatable bonds is 4. The van der Waals surface area contributed by atoms with E-state index in [-0.39, 0.29) is 0 Å². The van der Waals surface area contributed by atoms with Crippen molar-refractivity contribution in [2.75, 3.05) is 6.54 Å². The second-order valence-corrected chi connectivity index (χ2v) is 4.50. The molecule has 0 bridgehead atoms. The summed E-state index contributed by atoms with van der Waals surface area (Å²) in [5.41, 5.74) is 1.52. The standard InChI is InChI=1S/C11H15N5O/c17-10(6-12-9-2-1-3-9)8-4-5-11-13-14-15-16(11)7-8/h4-5,7,9-10,12,17H,1-3,6H2. The Bertz CT molecular complexity index is 507. The SMILES string of the molecule is OC(CNC1CCC1)c1ccc2nnnn2c1. The van der Waals surface area contributed by atoms with Crippen LogP contribution in [-0.4, -0.2) is 37.7 Å². The summed E-state index contributed by atoms with van der Waals surface area (Å²) in [5, 5.41) is 24.6. The molecule has 0 radical (unpaired) electrons. The summed E-state index contributed by atoms with van der Waals surface area (Å²) in [4.78, 5) is 0. The van der Waals surface area contributed by atoms with Crippen LogP contribution >= 0.6 is 0 Å². The summed E-state index contributed by atoms with van der Waals surface area (Å²) >= 11 is 0. The Labute approximate surface area is 98.6 Å². The summed E-state index contributed by atoms with van der Waals surface area (Å²) in [6.45, 7) is 0.582. The van der Waals surface area contributed by atoms with Gasteiger partial charge in [-0.1, -0.05) is 12.5 Å². The molecule has 17 heavy (non-hydrogen) atoms. The third-order valence-electron chi connectivity index (χ3n) is 3.30. The van der Waals surface area contributed by atoms with E-state index in [1.807, 2.05) is 12.1 Å². The van der Waals surface area contributed by atoms with Crippen LogP contribution < -0.4 is 5.32 Å². The number of nitrogens with zero attached hydrogens (tertiary/aromatic N) is 4. The van der Waals surface area contributed by atoms with Crippen LogP contribution in [0.4, 0.5) is 0 Å². The van der Waals surface area contributed by atoms with Gasteiger partial charge in [-0.15, -0.1) is 5.10 Å². The van der Waals surface area contributed by atoms with Crippen LogP contribution in [0.15, 0.2) is 18.3 Å². The van der Waals surface area contributed by atoms with Gasteiger partial charge in [-0.3, -0.25) is 0 Å². The molecule has 2 N–H and O–H groups in total. The first kappa shape index (κ1) is 10.6. The van der Waals surface area contributed by atoms with E-state index in [4.69, 9.17) is 0 Å². The van der Waals surface area contributed by atoms with Gasteiger partial charge < -0.3 is 10.4 Å². The molecule has 0 amide bonds. The average Bonchev–Trinajstić information content (AvgIpc) is 2.73. The van der Waals surface area contributed by atoms with Gasteiger partial charge in [0.05, 0.1) is 6.10 Å². The molecule has 0 saturated heterocycles. The van der Waals surface area contributed by atoms with Gasteiger partial charge in [-0.2, -0.15) is 0 Å². The van der Waals surface area contributed by atoms with Crippen molar-refractivity contribution in [3.63, 3.8) is 0 Å². The zero-order chi connectivity index (χ0) is 11.7. The minimum atomic E-state index is -0.510. The maximum absolute atomic E-state index is 10.0. The molecule has 2 aromatic heterocycles. The van der Waals surface area contributed by atoms with E-state index in [0.717, 1.165) is 5.56 Å². The highest BCUT2D eigenvalue weighted by molar-refractivity contribution is 5.36. The average molecular weight is 233 g/mol. The van der Waals surface area contributed by atoms with E-state index >= 15 is 0 Å². The van der Waals surface area contributed by atoms with E-state index in [9.17, 15) is 5.11 Å². The third-order valence-corrected chi connectivity index (χ3v) is 3.30. The summed E-state index contributed by atoms with van der Waals surface area (Å²) in [7, 11) is 0. The van der Waals surface area contributed by atoms with Crippen LogP contribution in [0.5, 0.6) is 0 Å². The second-order valence-electron chi connectivity index (χ2n) is 4.50. The van der Waals surface area contributed by atoms with E-state index in [0.29, 0.717) is 18.2 Å². The lowest BCUT2D eigenvalue weighted by Crippen LogP contribution is -2.37. The third kappa shape index (κ3) is 2.13. The van der Waals surface area contributed by atoms with Gasteiger partial charge in [0, 0.05) is 24.3 Å². The highest BCUT2D eigenvalue weighted by atomic mass is 16.3. The molecule has 1 aliphatic rings. The smallest absolute Gasteiger partial charge is 0.179 e. The van der Waals surface area contributed by atoms with Crippen molar-refractivity contribution in [1.82, 2.24) is 25.4 Å². The predicted octanol–water partition coefficient (Wildman–Crippen LogP) is 0.300. The first-order valence-corrected chi connectivity index (χ1v) is 5.92. The molecule has 1 atom stereocenters. The van der Waals surface area contributed by atoms with Crippen LogP contribution in [0.3, 0.4) is 0 Å². The Morgan fingerprint density at radius 1 is 1.47 bits per heavy atom. The number of aromatic nitrogens is 4. The Balaban J connectivity index is 1.68. The second kappa shape index (κ2) is 4.38. The molecule has 3 rings (SSSR count). The van der Waals surface area contributed by atoms with Gasteiger partial charge in [0.25, 0.3) is 0 Å². The largest absolute Gasteiger partial charge is 0.387 e. The maximum Gasteiger partial charge on any atom is 0.179 e. The van der Waals surface area contributed by atoms with Crippen molar-refractivity contribution < 1.29 is 5.11 Å². The minimum absolute atomic E-state index is 0.510. The summed E-state index contributed by atoms with van der Waals surface area (Å²) in [6, 6.07) is 4.25. The fourth-order valence-corrected chi connectivity index (χ4v) is 1.96. The molecule has 1 unspecified atom stereocenters. The lowest BCUT2D eigenvalue weighted by Gasteiger charge is -2.27. The van der Waals surface area contributed by atoms with Gasteiger partial charge >= 0.3 is 0 Å². The Morgan fingerprint density at radius 2 is 2.35 bits per heavy atom. The van der Waals surface area contributed by atoms with Gasteiger partial charge in [0.2, 0.25) is 0 Å². The quantitative estimate of drug-likeness (QED) is 0.794. The lowest BCUT2D eigenvalue weighted by atomic mass is 9.93. The molecule has 0 aromatic carbocycles. The molecular weight excluding hydrogens is 218 g/mol. The molecule has 0 spiro atoms. The fraction of sp³-hybridized carbons (Fsp3) is 0.545. The van der Waals surface area contributed by atoms with Crippen LogP contribution in [-0.2, 0) is 0 Å². The van der Waals surface area contributed by atoms with E-state index in [2.05, 4.69) is 20.8 Å². The molecule has 2 heterocycles. The molecular formula is C11H15N5O. The van der Waals surface area contributed by atoms with Crippen molar-refractivity contribution in [2.24, 2.45) is 0 Å². The molecule has 6 heteroatoms. The zero-order valence-corrected chi connectivity index (χ0v) is 9.45. The number of aliphatic hydroxyl groups is 1. The molecule has 2 aromatic rings. The number of pyridine rings is 1. The molecule has 1 fully saturated rings. The normalized spacial score (nSPS) is 18.2. The Morgan fingerprint density at radius 3 is 3.12 bits per heavy atom. The lowest BCUT2D eigenvalue weighted by molar-refractivity contribution is 0.161. The topological polar surface area (TPSA) is 75.3 Å². The minimum Gasteiger partial charge on any atom is -0.387 e. The summed E-state index contributed by atoms with van der Waals surface area (Å²) in [6.07, 6.45) is 4.99. The zero-order valence-electron chi connectivity index (χ0n) is 9.45. The summed E-state index contributed by atoms with van der Waals surface area (Å²) < 4.78 is 1.57. The van der Waals surface area contributed by atoms with Crippen LogP contribution in [0.25, 0.3) is 5.65 Å². The number of fused-ring (bicyclic) bond motifs is 1. The first-order chi connectivity index (χ1) is 8.33. The number of nitrogens with one attached hydrogen (secondary N) is 1. The van der Waals surface area contributed by atoms with Crippen molar-refractivity contribution >= 4 is 5.65 Å². The molecule has 6 nitrogen and oxygen atoms in total. The van der Waals surface area contributed by atoms with E-state index in [1.165, 1.54) is 19.3 Å². The Hall–Kier alpha value is -1.53. The fourth-order valence-electron chi connectivity index (χ4n) is 1.96. The predicted molar refractivity (Wildman–Crippen MR) is 61.4 cm³/mol. The molecule has 0 aliphatic heterocycles. The highest BCUT2D eigenvalue weighted by Crippen LogP contribution is 2.19. The highest BCUT2D eigenvalue weighted by Gasteiger charge is 2.18. The van der Waals surface area contributed by atoms with Crippen molar-refractivity contribution in [2.45, 2.75) is 31.4 Å². The monoisotopic (exact) mass is 233 g/mol. The number of tetrazole rings is 1. The molecule has 1 saturated carbocycles. The van der Waals surface area contributed by atoms with Gasteiger partial charge in [-0.25, -0.2) is 4.52 Å². The number of hydrogen-bond donors (Lipinski definition) is 2. The van der Waals surface area contributed by atoms with Crippen LogP contribution in [0.2, 0.25) is 0 Å². The molecule has 90 valence electrons.